The number of para-hydroxylation sites is 2. The van der Waals surface area contributed by atoms with E-state index >= 15 is 0 Å². The van der Waals surface area contributed by atoms with Crippen LogP contribution < -0.4 is 10.9 Å². The maximum atomic E-state index is 13.3. The molecule has 0 spiro atoms. The number of fused-ring (bicyclic) bond motifs is 3. The molecular formula is C27H25N5O2S. The summed E-state index contributed by atoms with van der Waals surface area (Å²) < 4.78 is 3.55. The molecule has 2 aromatic heterocycles. The summed E-state index contributed by atoms with van der Waals surface area (Å²) in [6, 6.07) is 25.3. The van der Waals surface area contributed by atoms with Crippen LogP contribution in [0.2, 0.25) is 0 Å². The van der Waals surface area contributed by atoms with Crippen LogP contribution >= 0.6 is 11.8 Å². The normalized spacial score (nSPS) is 11.2. The number of carbonyl (C=O) groups excluding carboxylic acids is 1. The Morgan fingerprint density at radius 2 is 1.69 bits per heavy atom. The third kappa shape index (κ3) is 4.70. The molecule has 3 aromatic carbocycles. The largest absolute Gasteiger partial charge is 0.325 e. The number of amides is 1. The second kappa shape index (κ2) is 10.1. The molecule has 5 aromatic rings. The van der Waals surface area contributed by atoms with Crippen LogP contribution in [0, 0.1) is 0 Å². The van der Waals surface area contributed by atoms with E-state index < -0.39 is 0 Å². The van der Waals surface area contributed by atoms with Crippen molar-refractivity contribution in [3.63, 3.8) is 0 Å². The van der Waals surface area contributed by atoms with E-state index in [1.807, 2.05) is 83.3 Å². The fourth-order valence-corrected chi connectivity index (χ4v) is 4.92. The van der Waals surface area contributed by atoms with Crippen molar-refractivity contribution in [1.29, 1.82) is 0 Å². The number of nitrogens with one attached hydrogen (secondary N) is 1. The molecule has 5 rings (SSSR count). The first-order valence-electron chi connectivity index (χ1n) is 11.6. The summed E-state index contributed by atoms with van der Waals surface area (Å²) in [6.07, 6.45) is 1.54. The van der Waals surface area contributed by atoms with Gasteiger partial charge in [0.2, 0.25) is 11.7 Å². The summed E-state index contributed by atoms with van der Waals surface area (Å²) in [5.41, 5.74) is 3.69. The minimum Gasteiger partial charge on any atom is -0.325 e. The fraction of sp³-hybridized carbons (Fsp3) is 0.185. The molecule has 35 heavy (non-hydrogen) atoms. The highest BCUT2D eigenvalue weighted by molar-refractivity contribution is 7.99. The van der Waals surface area contributed by atoms with Crippen LogP contribution in [0.3, 0.4) is 0 Å². The lowest BCUT2D eigenvalue weighted by molar-refractivity contribution is -0.113. The van der Waals surface area contributed by atoms with Gasteiger partial charge in [0.15, 0.2) is 5.16 Å². The Labute approximate surface area is 206 Å². The molecular weight excluding hydrogens is 458 g/mol. The number of aromatic nitrogens is 4. The van der Waals surface area contributed by atoms with E-state index in [0.717, 1.165) is 28.8 Å². The number of hydrogen-bond donors (Lipinski definition) is 1. The molecule has 0 atom stereocenters. The van der Waals surface area contributed by atoms with Crippen molar-refractivity contribution in [3.8, 4) is 0 Å². The SMILES string of the molecule is CCc1ccccc1NC(=O)CSc1nnc2n(CCc3ccccc3)c(=O)c3ccccc3n12. The van der Waals surface area contributed by atoms with Gasteiger partial charge in [-0.2, -0.15) is 0 Å². The Kier molecular flexibility index (Phi) is 6.63. The van der Waals surface area contributed by atoms with Gasteiger partial charge >= 0.3 is 0 Å². The van der Waals surface area contributed by atoms with E-state index in [0.29, 0.717) is 29.3 Å². The number of nitrogens with zero attached hydrogens (tertiary/aromatic N) is 4. The van der Waals surface area contributed by atoms with E-state index in [1.54, 1.807) is 4.57 Å². The Morgan fingerprint density at radius 3 is 2.51 bits per heavy atom. The minimum atomic E-state index is -0.116. The third-order valence-electron chi connectivity index (χ3n) is 5.95. The summed E-state index contributed by atoms with van der Waals surface area (Å²) in [6.45, 7) is 2.54. The first kappa shape index (κ1) is 22.9. The van der Waals surface area contributed by atoms with Gasteiger partial charge in [-0.3, -0.25) is 18.6 Å². The second-order valence-electron chi connectivity index (χ2n) is 8.18. The van der Waals surface area contributed by atoms with Crippen LogP contribution in [0.15, 0.2) is 88.8 Å². The van der Waals surface area contributed by atoms with Gasteiger partial charge in [0.05, 0.1) is 16.7 Å². The summed E-state index contributed by atoms with van der Waals surface area (Å²) in [4.78, 5) is 26.0. The number of anilines is 1. The van der Waals surface area contributed by atoms with Crippen molar-refractivity contribution >= 4 is 40.0 Å². The molecule has 0 aliphatic carbocycles. The lowest BCUT2D eigenvalue weighted by atomic mass is 10.1. The van der Waals surface area contributed by atoms with Gasteiger partial charge in [-0.05, 0) is 42.2 Å². The molecule has 0 fully saturated rings. The lowest BCUT2D eigenvalue weighted by Crippen LogP contribution is -2.24. The van der Waals surface area contributed by atoms with Crippen molar-refractivity contribution in [2.75, 3.05) is 11.1 Å². The van der Waals surface area contributed by atoms with Crippen molar-refractivity contribution in [1.82, 2.24) is 19.2 Å². The number of hydrogen-bond acceptors (Lipinski definition) is 5. The van der Waals surface area contributed by atoms with Crippen molar-refractivity contribution in [2.45, 2.75) is 31.5 Å². The Balaban J connectivity index is 1.45. The Morgan fingerprint density at radius 1 is 0.943 bits per heavy atom. The zero-order chi connectivity index (χ0) is 24.2. The van der Waals surface area contributed by atoms with Crippen molar-refractivity contribution in [2.24, 2.45) is 0 Å². The van der Waals surface area contributed by atoms with E-state index in [2.05, 4.69) is 22.4 Å². The predicted molar refractivity (Wildman–Crippen MR) is 140 cm³/mol. The zero-order valence-electron chi connectivity index (χ0n) is 19.3. The van der Waals surface area contributed by atoms with Gasteiger partial charge in [-0.25, -0.2) is 0 Å². The van der Waals surface area contributed by atoms with Crippen LogP contribution in [-0.2, 0) is 24.2 Å². The molecule has 8 heteroatoms. The summed E-state index contributed by atoms with van der Waals surface area (Å²) in [5.74, 6) is 0.536. The average molecular weight is 484 g/mol. The molecule has 0 aliphatic heterocycles. The first-order valence-corrected chi connectivity index (χ1v) is 12.6. The van der Waals surface area contributed by atoms with E-state index in [-0.39, 0.29) is 17.2 Å². The molecule has 0 bridgehead atoms. The second-order valence-corrected chi connectivity index (χ2v) is 9.12. The molecule has 0 saturated carbocycles. The molecule has 0 radical (unpaired) electrons. The zero-order valence-corrected chi connectivity index (χ0v) is 20.2. The summed E-state index contributed by atoms with van der Waals surface area (Å²) in [5, 5.41) is 12.9. The summed E-state index contributed by atoms with van der Waals surface area (Å²) in [7, 11) is 0. The lowest BCUT2D eigenvalue weighted by Gasteiger charge is -2.12. The molecule has 7 nitrogen and oxygen atoms in total. The maximum Gasteiger partial charge on any atom is 0.262 e. The quantitative estimate of drug-likeness (QED) is 0.327. The fourth-order valence-electron chi connectivity index (χ4n) is 4.18. The Bertz CT molecular complexity index is 1560. The molecule has 2 heterocycles. The number of thioether (sulfide) groups is 1. The van der Waals surface area contributed by atoms with Gasteiger partial charge in [0.1, 0.15) is 0 Å². The number of rotatable bonds is 8. The maximum absolute atomic E-state index is 13.3. The molecule has 0 saturated heterocycles. The summed E-state index contributed by atoms with van der Waals surface area (Å²) >= 11 is 1.30. The van der Waals surface area contributed by atoms with Gasteiger partial charge in [0.25, 0.3) is 5.56 Å². The third-order valence-corrected chi connectivity index (χ3v) is 6.88. The van der Waals surface area contributed by atoms with Gasteiger partial charge in [-0.1, -0.05) is 79.3 Å². The first-order chi connectivity index (χ1) is 17.2. The topological polar surface area (TPSA) is 81.3 Å². The van der Waals surface area contributed by atoms with E-state index in [4.69, 9.17) is 0 Å². The predicted octanol–water partition coefficient (Wildman–Crippen LogP) is 4.58. The molecule has 0 unspecified atom stereocenters. The van der Waals surface area contributed by atoms with E-state index in [9.17, 15) is 9.59 Å². The van der Waals surface area contributed by atoms with Crippen LogP contribution in [0.4, 0.5) is 5.69 Å². The molecule has 1 amide bonds. The highest BCUT2D eigenvalue weighted by atomic mass is 32.2. The minimum absolute atomic E-state index is 0.0955. The molecule has 176 valence electrons. The standard InChI is InChI=1S/C27H25N5O2S/c1-2-20-12-6-8-14-22(20)28-24(33)18-35-27-30-29-26-31(17-16-19-10-4-3-5-11-19)25(34)21-13-7-9-15-23(21)32(26)27/h3-15H,2,16-18H2,1H3,(H,28,33). The number of benzene rings is 3. The number of aryl methyl sites for hydroxylation is 3. The van der Waals surface area contributed by atoms with Crippen molar-refractivity contribution in [3.05, 3.63) is 100 Å². The smallest absolute Gasteiger partial charge is 0.262 e. The number of carbonyl (C=O) groups is 1. The van der Waals surface area contributed by atoms with Crippen LogP contribution in [0.1, 0.15) is 18.1 Å². The van der Waals surface area contributed by atoms with Gasteiger partial charge in [0, 0.05) is 12.2 Å². The van der Waals surface area contributed by atoms with Crippen LogP contribution in [0.25, 0.3) is 16.7 Å². The highest BCUT2D eigenvalue weighted by Gasteiger charge is 2.18. The van der Waals surface area contributed by atoms with E-state index in [1.165, 1.54) is 11.8 Å². The van der Waals surface area contributed by atoms with Gasteiger partial charge < -0.3 is 5.32 Å². The van der Waals surface area contributed by atoms with Crippen LogP contribution in [-0.4, -0.2) is 30.8 Å². The molecule has 0 aliphatic rings. The monoisotopic (exact) mass is 483 g/mol. The van der Waals surface area contributed by atoms with Crippen LogP contribution in [0.5, 0.6) is 0 Å². The Hall–Kier alpha value is -3.91. The average Bonchev–Trinajstić information content (AvgIpc) is 3.32. The van der Waals surface area contributed by atoms with Crippen molar-refractivity contribution < 1.29 is 4.79 Å². The molecule has 1 N–H and O–H groups in total. The highest BCUT2D eigenvalue weighted by Crippen LogP contribution is 2.23. The van der Waals surface area contributed by atoms with Gasteiger partial charge in [-0.15, -0.1) is 10.2 Å².